The summed E-state index contributed by atoms with van der Waals surface area (Å²) in [4.78, 5) is 12.1. The number of aromatic hydroxyl groups is 1. The van der Waals surface area contributed by atoms with Gasteiger partial charge in [0.15, 0.2) is 0 Å². The van der Waals surface area contributed by atoms with Crippen LogP contribution in [0.4, 0.5) is 0 Å². The molecule has 16 heavy (non-hydrogen) atoms. The first kappa shape index (κ1) is 13.8. The van der Waals surface area contributed by atoms with Crippen LogP contribution < -0.4 is 5.73 Å². The number of nitrogens with zero attached hydrogens (tertiary/aromatic N) is 2. The molecule has 7 heteroatoms. The van der Waals surface area contributed by atoms with Crippen LogP contribution in [0.3, 0.4) is 0 Å². The number of phenols is 1. The molecule has 0 aliphatic carbocycles. The Morgan fingerprint density at radius 3 is 2.31 bits per heavy atom. The third-order valence-electron chi connectivity index (χ3n) is 1.71. The summed E-state index contributed by atoms with van der Waals surface area (Å²) in [7, 11) is 0. The highest BCUT2D eigenvalue weighted by molar-refractivity contribution is 5.73. The lowest BCUT2D eigenvalue weighted by Crippen LogP contribution is -2.32. The van der Waals surface area contributed by atoms with Gasteiger partial charge >= 0.3 is 5.97 Å². The number of carbonyl (C=O) groups is 1. The van der Waals surface area contributed by atoms with Crippen LogP contribution in [-0.4, -0.2) is 22.2 Å². The van der Waals surface area contributed by atoms with Crippen molar-refractivity contribution in [3.8, 4) is 5.75 Å². The highest BCUT2D eigenvalue weighted by Gasteiger charge is 2.11. The van der Waals surface area contributed by atoms with E-state index in [1.807, 2.05) is 0 Å². The molecule has 7 nitrogen and oxygen atoms in total. The maximum atomic E-state index is 10.4. The van der Waals surface area contributed by atoms with Crippen LogP contribution in [0.5, 0.6) is 5.75 Å². The number of hydrogen-bond donors (Lipinski definition) is 4. The van der Waals surface area contributed by atoms with E-state index >= 15 is 0 Å². The number of rotatable bonds is 3. The minimum atomic E-state index is -1.02. The maximum absolute atomic E-state index is 10.4. The Labute approximate surface area is 91.5 Å². The molecule has 0 heterocycles. The minimum absolute atomic E-state index is 0.160. The summed E-state index contributed by atoms with van der Waals surface area (Å²) in [5.41, 5.74) is 18.4. The number of benzene rings is 1. The van der Waals surface area contributed by atoms with Crippen LogP contribution >= 0.6 is 0 Å². The summed E-state index contributed by atoms with van der Waals surface area (Å²) in [5.74, 6) is -0.860. The van der Waals surface area contributed by atoms with Gasteiger partial charge in [0.2, 0.25) is 0 Å². The molecule has 0 saturated heterocycles. The van der Waals surface area contributed by atoms with Crippen molar-refractivity contribution in [2.75, 3.05) is 0 Å². The average molecular weight is 224 g/mol. The molecule has 1 atom stereocenters. The monoisotopic (exact) mass is 224 g/mol. The van der Waals surface area contributed by atoms with Gasteiger partial charge in [-0.25, -0.2) is 0 Å². The van der Waals surface area contributed by atoms with E-state index in [0.717, 1.165) is 5.56 Å². The lowest BCUT2D eigenvalue weighted by Gasteiger charge is -2.05. The Bertz CT molecular complexity index is 371. The van der Waals surface area contributed by atoms with Crippen molar-refractivity contribution in [2.45, 2.75) is 12.5 Å². The number of carboxylic acid groups (broad SMARTS) is 1. The van der Waals surface area contributed by atoms with Crippen LogP contribution in [0.15, 0.2) is 24.3 Å². The summed E-state index contributed by atoms with van der Waals surface area (Å²) in [6, 6.07) is 5.42. The zero-order valence-corrected chi connectivity index (χ0v) is 8.37. The molecule has 0 spiro atoms. The van der Waals surface area contributed by atoms with Gasteiger partial charge < -0.3 is 15.9 Å². The number of phenolic OH excluding ortho intramolecular Hbond substituents is 1. The van der Waals surface area contributed by atoms with Crippen molar-refractivity contribution < 1.29 is 15.0 Å². The van der Waals surface area contributed by atoms with Crippen molar-refractivity contribution in [1.82, 2.24) is 0 Å². The molecule has 5 N–H and O–H groups in total. The van der Waals surface area contributed by atoms with Crippen molar-refractivity contribution in [2.24, 2.45) is 5.73 Å². The first-order valence-corrected chi connectivity index (χ1v) is 4.28. The normalized spacial score (nSPS) is 10.6. The Morgan fingerprint density at radius 1 is 1.50 bits per heavy atom. The van der Waals surface area contributed by atoms with Crippen molar-refractivity contribution >= 4 is 5.97 Å². The number of nitrogens with two attached hydrogens (primary N) is 1. The topological polar surface area (TPSA) is 144 Å². The van der Waals surface area contributed by atoms with Gasteiger partial charge in [-0.15, -0.1) is 5.53 Å². The van der Waals surface area contributed by atoms with Gasteiger partial charge in [0.05, 0.1) is 0 Å². The highest BCUT2D eigenvalue weighted by atomic mass is 16.4. The SMILES string of the molecule is N[C@@H](Cc1ccc(O)cc1)C(=O)O.[N-]=[N+]=N. The van der Waals surface area contributed by atoms with Crippen LogP contribution in [0.25, 0.3) is 10.4 Å². The molecule has 0 saturated carbocycles. The second kappa shape index (κ2) is 7.10. The van der Waals surface area contributed by atoms with Gasteiger partial charge in [-0.3, -0.25) is 4.79 Å². The third-order valence-corrected chi connectivity index (χ3v) is 1.71. The van der Waals surface area contributed by atoms with Crippen molar-refractivity contribution in [3.05, 3.63) is 40.3 Å². The van der Waals surface area contributed by atoms with E-state index < -0.39 is 12.0 Å². The molecule has 0 fully saturated rings. The first-order chi connectivity index (χ1) is 7.51. The quantitative estimate of drug-likeness (QED) is 0.347. The molecule has 1 aromatic carbocycles. The Kier molecular flexibility index (Phi) is 6.11. The van der Waals surface area contributed by atoms with Gasteiger partial charge in [0, 0.05) is 0 Å². The van der Waals surface area contributed by atoms with Crippen LogP contribution in [0.2, 0.25) is 0 Å². The molecule has 0 aliphatic heterocycles. The average Bonchev–Trinajstić information content (AvgIpc) is 2.22. The first-order valence-electron chi connectivity index (χ1n) is 4.28. The number of carboxylic acids is 1. The molecule has 0 amide bonds. The van der Waals surface area contributed by atoms with E-state index in [0.29, 0.717) is 0 Å². The highest BCUT2D eigenvalue weighted by Crippen LogP contribution is 2.10. The summed E-state index contributed by atoms with van der Waals surface area (Å²) in [6.45, 7) is 0. The minimum Gasteiger partial charge on any atom is -0.508 e. The molecular formula is C9H12N4O3. The zero-order valence-electron chi connectivity index (χ0n) is 8.37. The van der Waals surface area contributed by atoms with Crippen molar-refractivity contribution in [1.29, 1.82) is 5.53 Å². The summed E-state index contributed by atoms with van der Waals surface area (Å²) in [5, 5.41) is 17.5. The smallest absolute Gasteiger partial charge is 0.320 e. The summed E-state index contributed by atoms with van der Waals surface area (Å²) in [6.07, 6.45) is 0.273. The molecule has 1 rings (SSSR count). The van der Waals surface area contributed by atoms with Crippen LogP contribution in [-0.2, 0) is 11.2 Å². The predicted octanol–water partition coefficient (Wildman–Crippen LogP) is 1.22. The van der Waals surface area contributed by atoms with Crippen LogP contribution in [0.1, 0.15) is 5.56 Å². The van der Waals surface area contributed by atoms with E-state index in [-0.39, 0.29) is 12.2 Å². The molecule has 0 aromatic heterocycles. The van der Waals surface area contributed by atoms with E-state index in [2.05, 4.69) is 0 Å². The maximum Gasteiger partial charge on any atom is 0.320 e. The molecule has 1 aromatic rings. The summed E-state index contributed by atoms with van der Waals surface area (Å²) < 4.78 is 0. The fourth-order valence-corrected chi connectivity index (χ4v) is 0.973. The Balaban J connectivity index is 0.000000673. The second-order valence-electron chi connectivity index (χ2n) is 2.92. The van der Waals surface area contributed by atoms with Gasteiger partial charge in [-0.2, -0.15) is 0 Å². The number of hydrogen-bond acceptors (Lipinski definition) is 4. The van der Waals surface area contributed by atoms with Gasteiger partial charge in [0.1, 0.15) is 11.8 Å². The molecular weight excluding hydrogens is 212 g/mol. The lowest BCUT2D eigenvalue weighted by atomic mass is 10.1. The number of aliphatic carboxylic acids is 1. The number of nitrogens with one attached hydrogen (secondary N) is 1. The molecule has 86 valence electrons. The van der Waals surface area contributed by atoms with Crippen LogP contribution in [0, 0.1) is 5.53 Å². The molecule has 0 unspecified atom stereocenters. The fourth-order valence-electron chi connectivity index (χ4n) is 0.973. The Hall–Kier alpha value is -2.24. The van der Waals surface area contributed by atoms with Gasteiger partial charge in [0.25, 0.3) is 0 Å². The largest absolute Gasteiger partial charge is 0.508 e. The van der Waals surface area contributed by atoms with E-state index in [1.54, 1.807) is 17.0 Å². The van der Waals surface area contributed by atoms with E-state index in [1.165, 1.54) is 12.1 Å². The summed E-state index contributed by atoms with van der Waals surface area (Å²) >= 11 is 0. The third kappa shape index (κ3) is 5.48. The van der Waals surface area contributed by atoms with Gasteiger partial charge in [-0.05, 0) is 34.6 Å². The van der Waals surface area contributed by atoms with Crippen molar-refractivity contribution in [3.63, 3.8) is 0 Å². The fraction of sp³-hybridized carbons (Fsp3) is 0.222. The predicted molar refractivity (Wildman–Crippen MR) is 56.9 cm³/mol. The van der Waals surface area contributed by atoms with Gasteiger partial charge in [-0.1, -0.05) is 12.1 Å². The standard InChI is InChI=1S/C9H11NO3.HN3/c10-8(9(12)13)5-6-1-3-7(11)4-2-6;1-3-2/h1-4,8,11H,5,10H2,(H,12,13);1H/t8-;/m0./s1. The molecule has 0 radical (unpaired) electrons. The molecule has 0 aliphatic rings. The second-order valence-corrected chi connectivity index (χ2v) is 2.92. The lowest BCUT2D eigenvalue weighted by molar-refractivity contribution is -0.138. The zero-order chi connectivity index (χ0) is 12.6. The van der Waals surface area contributed by atoms with E-state index in [9.17, 15) is 4.79 Å². The Morgan fingerprint density at radius 2 is 1.94 bits per heavy atom. The van der Waals surface area contributed by atoms with E-state index in [4.69, 9.17) is 27.0 Å². The molecule has 0 bridgehead atoms.